The Morgan fingerprint density at radius 1 is 1.14 bits per heavy atom. The molecule has 4 rings (SSSR count). The molecular weight excluding hydrogens is 486 g/mol. The Labute approximate surface area is 211 Å². The van der Waals surface area contributed by atoms with E-state index in [0.29, 0.717) is 18.9 Å². The minimum atomic E-state index is -4.00. The number of nitrogens with zero attached hydrogens (tertiary/aromatic N) is 2. The number of aromatic nitrogens is 1. The number of sulfone groups is 1. The number of ether oxygens (including phenoxy) is 1. The lowest BCUT2D eigenvalue weighted by Crippen LogP contribution is -2.53. The molecule has 2 N–H and O–H groups in total. The van der Waals surface area contributed by atoms with Gasteiger partial charge in [-0.2, -0.15) is 0 Å². The molecule has 8 nitrogen and oxygen atoms in total. The minimum Gasteiger partial charge on any atom is -0.381 e. The molecule has 0 aliphatic carbocycles. The maximum Gasteiger partial charge on any atom is 0.239 e. The van der Waals surface area contributed by atoms with Gasteiger partial charge in [-0.05, 0) is 56.9 Å². The quantitative estimate of drug-likeness (QED) is 0.575. The molecule has 2 aromatic rings. The van der Waals surface area contributed by atoms with Crippen LogP contribution in [0.3, 0.4) is 0 Å². The van der Waals surface area contributed by atoms with Crippen LogP contribution in [0.4, 0.5) is 5.82 Å². The highest BCUT2D eigenvalue weighted by molar-refractivity contribution is 7.93. The van der Waals surface area contributed by atoms with Crippen molar-refractivity contribution >= 4 is 38.7 Å². The number of rotatable bonds is 6. The van der Waals surface area contributed by atoms with E-state index in [9.17, 15) is 18.0 Å². The van der Waals surface area contributed by atoms with E-state index in [0.717, 1.165) is 22.6 Å². The smallest absolute Gasteiger partial charge is 0.239 e. The van der Waals surface area contributed by atoms with Crippen molar-refractivity contribution in [1.82, 2.24) is 4.98 Å². The lowest BCUT2D eigenvalue weighted by Gasteiger charge is -2.34. The summed E-state index contributed by atoms with van der Waals surface area (Å²) < 4.78 is 30.1. The van der Waals surface area contributed by atoms with E-state index >= 15 is 0 Å². The first-order chi connectivity index (χ1) is 16.7. The van der Waals surface area contributed by atoms with Gasteiger partial charge in [-0.25, -0.2) is 13.4 Å². The first-order valence-electron chi connectivity index (χ1n) is 12.1. The summed E-state index contributed by atoms with van der Waals surface area (Å²) in [7, 11) is -4.00. The zero-order valence-corrected chi connectivity index (χ0v) is 22.3. The molecule has 2 aliphatic heterocycles. The predicted molar refractivity (Wildman–Crippen MR) is 138 cm³/mol. The van der Waals surface area contributed by atoms with E-state index in [-0.39, 0.29) is 42.7 Å². The number of nitrogens with two attached hydrogens (primary N) is 1. The van der Waals surface area contributed by atoms with Gasteiger partial charge in [0.15, 0.2) is 20.4 Å². The molecule has 0 radical (unpaired) electrons. The molecule has 4 heterocycles. The van der Waals surface area contributed by atoms with Crippen LogP contribution in [0.2, 0.25) is 0 Å². The summed E-state index contributed by atoms with van der Waals surface area (Å²) in [5, 5.41) is 0. The van der Waals surface area contributed by atoms with E-state index in [4.69, 9.17) is 10.5 Å². The first-order valence-corrected chi connectivity index (χ1v) is 14.4. The van der Waals surface area contributed by atoms with Gasteiger partial charge in [0.1, 0.15) is 5.82 Å². The molecule has 2 saturated heterocycles. The predicted octanol–water partition coefficient (Wildman–Crippen LogP) is 3.78. The summed E-state index contributed by atoms with van der Waals surface area (Å²) in [4.78, 5) is 33.2. The van der Waals surface area contributed by atoms with Gasteiger partial charge < -0.3 is 15.4 Å². The molecule has 2 fully saturated rings. The van der Waals surface area contributed by atoms with Crippen LogP contribution in [0.5, 0.6) is 0 Å². The highest BCUT2D eigenvalue weighted by Gasteiger charge is 2.51. The van der Waals surface area contributed by atoms with E-state index in [1.165, 1.54) is 30.0 Å². The Bertz CT molecular complexity index is 1110. The third-order valence-electron chi connectivity index (χ3n) is 6.47. The highest BCUT2D eigenvalue weighted by atomic mass is 32.2. The molecular formula is C25H35N3O5S2. The van der Waals surface area contributed by atoms with E-state index in [1.807, 2.05) is 19.1 Å². The van der Waals surface area contributed by atoms with Crippen molar-refractivity contribution in [3.63, 3.8) is 0 Å². The number of amides is 1. The average Bonchev–Trinajstić information content (AvgIpc) is 3.30. The van der Waals surface area contributed by atoms with E-state index in [2.05, 4.69) is 23.7 Å². The zero-order valence-electron chi connectivity index (χ0n) is 20.7. The Balaban J connectivity index is 0.00000108. The summed E-state index contributed by atoms with van der Waals surface area (Å²) in [6.45, 7) is 7.93. The molecule has 0 saturated carbocycles. The molecule has 0 aromatic carbocycles. The van der Waals surface area contributed by atoms with Crippen molar-refractivity contribution in [1.29, 1.82) is 0 Å². The minimum absolute atomic E-state index is 0.00658. The second-order valence-corrected chi connectivity index (χ2v) is 12.6. The molecule has 192 valence electrons. The van der Waals surface area contributed by atoms with Crippen molar-refractivity contribution in [2.45, 2.75) is 62.5 Å². The van der Waals surface area contributed by atoms with Crippen molar-refractivity contribution in [3.05, 3.63) is 40.2 Å². The van der Waals surface area contributed by atoms with Crippen LogP contribution in [0.1, 0.15) is 60.5 Å². The fourth-order valence-corrected chi connectivity index (χ4v) is 7.18. The normalized spacial score (nSPS) is 18.4. The monoisotopic (exact) mass is 521 g/mol. The van der Waals surface area contributed by atoms with E-state index in [1.54, 1.807) is 6.07 Å². The van der Waals surface area contributed by atoms with Crippen LogP contribution >= 0.6 is 11.3 Å². The number of anilines is 1. The van der Waals surface area contributed by atoms with Gasteiger partial charge in [0, 0.05) is 43.3 Å². The summed E-state index contributed by atoms with van der Waals surface area (Å²) in [6, 6.07) is 7.01. The van der Waals surface area contributed by atoms with Crippen molar-refractivity contribution in [3.8, 4) is 0 Å². The lowest BCUT2D eigenvalue weighted by molar-refractivity contribution is -0.122. The molecule has 0 bridgehead atoms. The Hall–Kier alpha value is -2.30. The van der Waals surface area contributed by atoms with Gasteiger partial charge in [-0.3, -0.25) is 9.59 Å². The maximum absolute atomic E-state index is 13.2. The number of hydrogen-bond acceptors (Lipinski definition) is 8. The summed E-state index contributed by atoms with van der Waals surface area (Å²) in [5.74, 6) is -0.00210. The topological polar surface area (TPSA) is 120 Å². The lowest BCUT2D eigenvalue weighted by atomic mass is 9.92. The van der Waals surface area contributed by atoms with Gasteiger partial charge in [0.05, 0.1) is 9.77 Å². The first kappa shape index (κ1) is 27.3. The molecule has 2 aromatic heterocycles. The van der Waals surface area contributed by atoms with Crippen LogP contribution in [0.25, 0.3) is 0 Å². The standard InChI is InChI=1S/C22H27N3O5S2.C3H8/c1-15-2-4-18(31-15)20(26)16-6-10-25(11-7-16)19-5-3-17(14-24-19)32(28,29)22(21(23)27)8-12-30-13-9-22;1-3-2/h2-5,14,16H,6-13H2,1H3,(H2,23,27);3H2,1-2H3. The van der Waals surface area contributed by atoms with Crippen LogP contribution in [-0.4, -0.2) is 56.1 Å². The van der Waals surface area contributed by atoms with Crippen LogP contribution in [0.15, 0.2) is 35.4 Å². The van der Waals surface area contributed by atoms with Gasteiger partial charge in [-0.1, -0.05) is 20.3 Å². The number of carbonyl (C=O) groups excluding carboxylic acids is 2. The molecule has 0 unspecified atom stereocenters. The van der Waals surface area contributed by atoms with Crippen molar-refractivity contribution in [2.75, 3.05) is 31.2 Å². The number of ketones is 1. The van der Waals surface area contributed by atoms with Crippen molar-refractivity contribution < 1.29 is 22.7 Å². The van der Waals surface area contributed by atoms with Gasteiger partial charge in [-0.15, -0.1) is 11.3 Å². The number of hydrogen-bond donors (Lipinski definition) is 1. The molecule has 0 atom stereocenters. The Kier molecular flexibility index (Phi) is 9.06. The number of aryl methyl sites for hydroxylation is 1. The van der Waals surface area contributed by atoms with Gasteiger partial charge >= 0.3 is 0 Å². The highest BCUT2D eigenvalue weighted by Crippen LogP contribution is 2.35. The zero-order chi connectivity index (χ0) is 25.6. The largest absolute Gasteiger partial charge is 0.381 e. The summed E-state index contributed by atoms with van der Waals surface area (Å²) in [5.41, 5.74) is 5.52. The molecule has 0 spiro atoms. The molecule has 2 aliphatic rings. The van der Waals surface area contributed by atoms with Crippen LogP contribution < -0.4 is 10.6 Å². The molecule has 10 heteroatoms. The SMILES string of the molecule is CCC.Cc1ccc(C(=O)C2CCN(c3ccc(S(=O)(=O)C4(C(N)=O)CCOCC4)cn3)CC2)s1. The number of thiophene rings is 1. The third-order valence-corrected chi connectivity index (χ3v) is 9.98. The van der Waals surface area contributed by atoms with Crippen LogP contribution in [0, 0.1) is 12.8 Å². The fourth-order valence-electron chi connectivity index (χ4n) is 4.43. The van der Waals surface area contributed by atoms with Crippen LogP contribution in [-0.2, 0) is 19.4 Å². The maximum atomic E-state index is 13.2. The van der Waals surface area contributed by atoms with Crippen molar-refractivity contribution in [2.24, 2.45) is 11.7 Å². The molecule has 1 amide bonds. The Morgan fingerprint density at radius 3 is 2.26 bits per heavy atom. The number of piperidine rings is 1. The second kappa shape index (κ2) is 11.6. The number of Topliss-reactive ketones (excluding diaryl/α,β-unsaturated/α-hetero) is 1. The fraction of sp³-hybridized carbons (Fsp3) is 0.560. The van der Waals surface area contributed by atoms with Gasteiger partial charge in [0.2, 0.25) is 5.91 Å². The number of primary amides is 1. The van der Waals surface area contributed by atoms with E-state index < -0.39 is 20.5 Å². The summed E-state index contributed by atoms with van der Waals surface area (Å²) >= 11 is 1.53. The third kappa shape index (κ3) is 5.76. The number of pyridine rings is 1. The molecule has 35 heavy (non-hydrogen) atoms. The number of carbonyl (C=O) groups is 2. The second-order valence-electron chi connectivity index (χ2n) is 9.07. The Morgan fingerprint density at radius 2 is 1.77 bits per heavy atom. The average molecular weight is 522 g/mol. The van der Waals surface area contributed by atoms with Gasteiger partial charge in [0.25, 0.3) is 0 Å². The summed E-state index contributed by atoms with van der Waals surface area (Å²) in [6.07, 6.45) is 4.08.